The zero-order chi connectivity index (χ0) is 13.0. The molecule has 96 valence electrons. The topological polar surface area (TPSA) is 63.5 Å². The van der Waals surface area contributed by atoms with Gasteiger partial charge in [0.1, 0.15) is 5.41 Å². The van der Waals surface area contributed by atoms with E-state index in [-0.39, 0.29) is 0 Å². The Morgan fingerprint density at radius 1 is 1.33 bits per heavy atom. The van der Waals surface area contributed by atoms with Gasteiger partial charge in [-0.05, 0) is 12.1 Å². The lowest BCUT2D eigenvalue weighted by Gasteiger charge is -2.35. The van der Waals surface area contributed by atoms with Crippen molar-refractivity contribution in [3.8, 4) is 17.6 Å². The van der Waals surface area contributed by atoms with Crippen LogP contribution >= 0.6 is 0 Å². The lowest BCUT2D eigenvalue weighted by atomic mass is 9.88. The van der Waals surface area contributed by atoms with Crippen LogP contribution in [0.2, 0.25) is 0 Å². The first kappa shape index (κ1) is 12.5. The fourth-order valence-corrected chi connectivity index (χ4v) is 1.77. The third kappa shape index (κ3) is 2.34. The van der Waals surface area contributed by atoms with Gasteiger partial charge in [-0.15, -0.1) is 0 Å². The van der Waals surface area contributed by atoms with Crippen molar-refractivity contribution in [1.29, 1.82) is 5.26 Å². The summed E-state index contributed by atoms with van der Waals surface area (Å²) in [5.41, 5.74) is 0.502. The Morgan fingerprint density at radius 3 is 2.56 bits per heavy atom. The van der Waals surface area contributed by atoms with E-state index >= 15 is 0 Å². The molecule has 1 aromatic carbocycles. The molecule has 0 bridgehead atoms. The number of methoxy groups -OCH3 is 2. The van der Waals surface area contributed by atoms with Crippen LogP contribution in [0.5, 0.6) is 11.5 Å². The van der Waals surface area contributed by atoms with Crippen LogP contribution in [0.25, 0.3) is 0 Å². The second-order valence-electron chi connectivity index (χ2n) is 4.31. The summed E-state index contributed by atoms with van der Waals surface area (Å²) in [5, 5.41) is 12.3. The summed E-state index contributed by atoms with van der Waals surface area (Å²) in [5.74, 6) is 1.35. The molecule has 0 unspecified atom stereocenters. The first-order chi connectivity index (χ1) is 8.73. The largest absolute Gasteiger partial charge is 0.493 e. The van der Waals surface area contributed by atoms with Crippen LogP contribution in [-0.2, 0) is 4.74 Å². The summed E-state index contributed by atoms with van der Waals surface area (Å²) in [7, 11) is 3.19. The summed E-state index contributed by atoms with van der Waals surface area (Å²) in [6.45, 7) is 1.55. The predicted octanol–water partition coefficient (Wildman–Crippen LogP) is 1.66. The van der Waals surface area contributed by atoms with E-state index in [0.717, 1.165) is 5.69 Å². The molecule has 0 aromatic heterocycles. The Hall–Kier alpha value is -1.93. The van der Waals surface area contributed by atoms with E-state index in [2.05, 4.69) is 11.4 Å². The van der Waals surface area contributed by atoms with Gasteiger partial charge in [-0.25, -0.2) is 0 Å². The number of nitriles is 1. The van der Waals surface area contributed by atoms with Crippen molar-refractivity contribution >= 4 is 5.69 Å². The van der Waals surface area contributed by atoms with Crippen LogP contribution in [-0.4, -0.2) is 34.0 Å². The molecule has 0 spiro atoms. The molecule has 1 aliphatic rings. The standard InChI is InChI=1S/C13H16N2O3/c1-16-11-4-3-10(5-12(11)17-2)15-7-13(6-14)8-18-9-13/h3-5,15H,7-9H2,1-2H3. The minimum Gasteiger partial charge on any atom is -0.493 e. The van der Waals surface area contributed by atoms with Gasteiger partial charge >= 0.3 is 0 Å². The molecule has 1 saturated heterocycles. The zero-order valence-corrected chi connectivity index (χ0v) is 10.5. The lowest BCUT2D eigenvalue weighted by molar-refractivity contribution is -0.0690. The molecule has 2 rings (SSSR count). The molecule has 0 radical (unpaired) electrons. The number of rotatable bonds is 5. The van der Waals surface area contributed by atoms with Crippen molar-refractivity contribution in [2.45, 2.75) is 0 Å². The van der Waals surface area contributed by atoms with Crippen molar-refractivity contribution in [2.24, 2.45) is 5.41 Å². The SMILES string of the molecule is COc1ccc(NCC2(C#N)COC2)cc1OC. The normalized spacial score (nSPS) is 16.3. The Balaban J connectivity index is 2.04. The summed E-state index contributed by atoms with van der Waals surface area (Å²) < 4.78 is 15.5. The van der Waals surface area contributed by atoms with Crippen molar-refractivity contribution in [3.05, 3.63) is 18.2 Å². The number of nitrogens with zero attached hydrogens (tertiary/aromatic N) is 1. The van der Waals surface area contributed by atoms with Gasteiger partial charge in [0.25, 0.3) is 0 Å². The van der Waals surface area contributed by atoms with Crippen molar-refractivity contribution < 1.29 is 14.2 Å². The maximum absolute atomic E-state index is 9.08. The van der Waals surface area contributed by atoms with E-state index in [9.17, 15) is 0 Å². The van der Waals surface area contributed by atoms with Gasteiger partial charge in [-0.3, -0.25) is 0 Å². The van der Waals surface area contributed by atoms with Gasteiger partial charge in [0, 0.05) is 18.3 Å². The molecule has 0 atom stereocenters. The van der Waals surface area contributed by atoms with Crippen LogP contribution < -0.4 is 14.8 Å². The molecule has 0 aliphatic carbocycles. The highest BCUT2D eigenvalue weighted by Crippen LogP contribution is 2.31. The van der Waals surface area contributed by atoms with Crippen LogP contribution in [0.15, 0.2) is 18.2 Å². The van der Waals surface area contributed by atoms with Gasteiger partial charge in [0.2, 0.25) is 0 Å². The number of benzene rings is 1. The molecular weight excluding hydrogens is 232 g/mol. The molecule has 1 aliphatic heterocycles. The quantitative estimate of drug-likeness (QED) is 0.858. The maximum Gasteiger partial charge on any atom is 0.162 e. The van der Waals surface area contributed by atoms with Crippen molar-refractivity contribution in [2.75, 3.05) is 39.3 Å². The molecule has 5 heteroatoms. The fourth-order valence-electron chi connectivity index (χ4n) is 1.77. The van der Waals surface area contributed by atoms with Crippen LogP contribution in [0.3, 0.4) is 0 Å². The van der Waals surface area contributed by atoms with Gasteiger partial charge in [0.15, 0.2) is 11.5 Å². The molecule has 1 aromatic rings. The van der Waals surface area contributed by atoms with Crippen molar-refractivity contribution in [1.82, 2.24) is 0 Å². The number of ether oxygens (including phenoxy) is 3. The summed E-state index contributed by atoms with van der Waals surface area (Å²) in [4.78, 5) is 0. The molecule has 1 N–H and O–H groups in total. The van der Waals surface area contributed by atoms with Crippen molar-refractivity contribution in [3.63, 3.8) is 0 Å². The van der Waals surface area contributed by atoms with E-state index in [1.54, 1.807) is 14.2 Å². The van der Waals surface area contributed by atoms with E-state index in [1.165, 1.54) is 0 Å². The number of hydrogen-bond donors (Lipinski definition) is 1. The minimum absolute atomic E-state index is 0.396. The third-order valence-electron chi connectivity index (χ3n) is 3.01. The zero-order valence-electron chi connectivity index (χ0n) is 10.5. The lowest BCUT2D eigenvalue weighted by Crippen LogP contribution is -2.46. The predicted molar refractivity (Wildman–Crippen MR) is 66.9 cm³/mol. The average molecular weight is 248 g/mol. The van der Waals surface area contributed by atoms with Gasteiger partial charge in [-0.1, -0.05) is 0 Å². The Labute approximate surface area is 106 Å². The smallest absolute Gasteiger partial charge is 0.162 e. The Morgan fingerprint density at radius 2 is 2.06 bits per heavy atom. The van der Waals surface area contributed by atoms with E-state index in [0.29, 0.717) is 31.3 Å². The second kappa shape index (κ2) is 5.15. The Bertz CT molecular complexity index is 464. The second-order valence-corrected chi connectivity index (χ2v) is 4.31. The fraction of sp³-hybridized carbons (Fsp3) is 0.462. The van der Waals surface area contributed by atoms with Crippen LogP contribution in [0, 0.1) is 16.7 Å². The number of anilines is 1. The number of hydrogen-bond acceptors (Lipinski definition) is 5. The average Bonchev–Trinajstić information content (AvgIpc) is 2.37. The summed E-state index contributed by atoms with van der Waals surface area (Å²) in [6.07, 6.45) is 0. The van der Waals surface area contributed by atoms with Gasteiger partial charge in [-0.2, -0.15) is 5.26 Å². The first-order valence-electron chi connectivity index (χ1n) is 5.68. The van der Waals surface area contributed by atoms with Crippen LogP contribution in [0.4, 0.5) is 5.69 Å². The molecule has 18 heavy (non-hydrogen) atoms. The van der Waals surface area contributed by atoms with E-state index < -0.39 is 5.41 Å². The van der Waals surface area contributed by atoms with E-state index in [1.807, 2.05) is 18.2 Å². The summed E-state index contributed by atoms with van der Waals surface area (Å²) >= 11 is 0. The highest BCUT2D eigenvalue weighted by Gasteiger charge is 2.38. The van der Waals surface area contributed by atoms with Crippen LogP contribution in [0.1, 0.15) is 0 Å². The van der Waals surface area contributed by atoms with E-state index in [4.69, 9.17) is 19.5 Å². The first-order valence-corrected chi connectivity index (χ1v) is 5.68. The van der Waals surface area contributed by atoms with Gasteiger partial charge < -0.3 is 19.5 Å². The molecule has 0 amide bonds. The maximum atomic E-state index is 9.08. The summed E-state index contributed by atoms with van der Waals surface area (Å²) in [6, 6.07) is 7.87. The Kier molecular flexibility index (Phi) is 3.58. The molecule has 1 fully saturated rings. The highest BCUT2D eigenvalue weighted by molar-refractivity contribution is 5.55. The minimum atomic E-state index is -0.396. The van der Waals surface area contributed by atoms with Gasteiger partial charge in [0.05, 0.1) is 33.5 Å². The third-order valence-corrected chi connectivity index (χ3v) is 3.01. The number of nitrogens with one attached hydrogen (secondary N) is 1. The molecule has 0 saturated carbocycles. The molecule has 5 nitrogen and oxygen atoms in total. The molecular formula is C13H16N2O3. The molecule has 1 heterocycles. The monoisotopic (exact) mass is 248 g/mol. The highest BCUT2D eigenvalue weighted by atomic mass is 16.5.